The molecule has 0 amide bonds. The molecule has 0 bridgehead atoms. The fourth-order valence-electron chi connectivity index (χ4n) is 1.63. The average molecular weight is 345 g/mol. The molecule has 21 heavy (non-hydrogen) atoms. The number of halogens is 4. The number of hydrogen-bond acceptors (Lipinski definition) is 3. The molecular weight excluding hydrogens is 329 g/mol. The first-order valence-electron chi connectivity index (χ1n) is 6.17. The highest BCUT2D eigenvalue weighted by molar-refractivity contribution is 7.89. The van der Waals surface area contributed by atoms with Gasteiger partial charge in [0.2, 0.25) is 10.0 Å². The third kappa shape index (κ3) is 5.14. The lowest BCUT2D eigenvalue weighted by Gasteiger charge is -2.15. The van der Waals surface area contributed by atoms with Gasteiger partial charge in [0.15, 0.2) is 0 Å². The van der Waals surface area contributed by atoms with Crippen LogP contribution in [-0.4, -0.2) is 27.5 Å². The first kappa shape index (κ1) is 18.2. The van der Waals surface area contributed by atoms with E-state index in [1.807, 2.05) is 6.92 Å². The van der Waals surface area contributed by atoms with Crippen LogP contribution in [0.1, 0.15) is 19.4 Å². The topological polar surface area (TPSA) is 58.2 Å². The molecule has 0 heterocycles. The molecule has 4 nitrogen and oxygen atoms in total. The van der Waals surface area contributed by atoms with Gasteiger partial charge in [-0.3, -0.25) is 0 Å². The zero-order chi connectivity index (χ0) is 16.3. The van der Waals surface area contributed by atoms with Gasteiger partial charge in [-0.2, -0.15) is 13.2 Å². The summed E-state index contributed by atoms with van der Waals surface area (Å²) in [6.45, 7) is 4.34. The standard InChI is InChI=1S/C12H16ClF3N2O2S/c1-3-17-8(2)7-18-21(19,20)9-4-5-11(13)10(6-9)12(14,15)16/h4-6,8,17-18H,3,7H2,1-2H3/t8-/m1/s1. The molecule has 0 aliphatic carbocycles. The molecule has 1 atom stereocenters. The van der Waals surface area contributed by atoms with Crippen LogP contribution in [0.3, 0.4) is 0 Å². The van der Waals surface area contributed by atoms with Crippen molar-refractivity contribution in [3.05, 3.63) is 28.8 Å². The van der Waals surface area contributed by atoms with Crippen LogP contribution in [0, 0.1) is 0 Å². The van der Waals surface area contributed by atoms with Crippen molar-refractivity contribution in [2.75, 3.05) is 13.1 Å². The van der Waals surface area contributed by atoms with Gasteiger partial charge in [-0.05, 0) is 31.7 Å². The number of sulfonamides is 1. The Kier molecular flexibility index (Phi) is 6.03. The van der Waals surface area contributed by atoms with Crippen molar-refractivity contribution in [2.45, 2.75) is 31.0 Å². The normalized spacial score (nSPS) is 14.2. The molecule has 0 aliphatic rings. The highest BCUT2D eigenvalue weighted by atomic mass is 35.5. The fourth-order valence-corrected chi connectivity index (χ4v) is 3.01. The van der Waals surface area contributed by atoms with E-state index in [2.05, 4.69) is 10.0 Å². The van der Waals surface area contributed by atoms with Crippen LogP contribution in [0.25, 0.3) is 0 Å². The molecule has 0 radical (unpaired) electrons. The van der Waals surface area contributed by atoms with Gasteiger partial charge >= 0.3 is 6.18 Å². The Morgan fingerprint density at radius 3 is 2.48 bits per heavy atom. The molecule has 9 heteroatoms. The number of hydrogen-bond donors (Lipinski definition) is 2. The first-order chi connectivity index (χ1) is 9.58. The fraction of sp³-hybridized carbons (Fsp3) is 0.500. The molecule has 0 saturated heterocycles. The SMILES string of the molecule is CCN[C@H](C)CNS(=O)(=O)c1ccc(Cl)c(C(F)(F)F)c1. The lowest BCUT2D eigenvalue weighted by Crippen LogP contribution is -2.38. The third-order valence-corrected chi connectivity index (χ3v) is 4.44. The van der Waals surface area contributed by atoms with E-state index < -0.39 is 31.7 Å². The van der Waals surface area contributed by atoms with Crippen molar-refractivity contribution in [3.63, 3.8) is 0 Å². The summed E-state index contributed by atoms with van der Waals surface area (Å²) in [6.07, 6.45) is -4.71. The number of likely N-dealkylation sites (N-methyl/N-ethyl adjacent to an activating group) is 1. The summed E-state index contributed by atoms with van der Waals surface area (Å²) in [5.41, 5.74) is -1.17. The molecule has 0 aromatic heterocycles. The van der Waals surface area contributed by atoms with Crippen LogP contribution in [-0.2, 0) is 16.2 Å². The van der Waals surface area contributed by atoms with E-state index in [-0.39, 0.29) is 12.6 Å². The highest BCUT2D eigenvalue weighted by Gasteiger charge is 2.34. The summed E-state index contributed by atoms with van der Waals surface area (Å²) in [5, 5.41) is 2.45. The van der Waals surface area contributed by atoms with Gasteiger partial charge < -0.3 is 5.32 Å². The van der Waals surface area contributed by atoms with E-state index in [4.69, 9.17) is 11.6 Å². The second kappa shape index (κ2) is 6.95. The first-order valence-corrected chi connectivity index (χ1v) is 8.04. The van der Waals surface area contributed by atoms with Gasteiger partial charge in [0.05, 0.1) is 15.5 Å². The zero-order valence-electron chi connectivity index (χ0n) is 11.5. The second-order valence-electron chi connectivity index (χ2n) is 4.45. The summed E-state index contributed by atoms with van der Waals surface area (Å²) in [4.78, 5) is -0.470. The number of nitrogens with one attached hydrogen (secondary N) is 2. The molecule has 0 fully saturated rings. The summed E-state index contributed by atoms with van der Waals surface area (Å²) < 4.78 is 64.4. The van der Waals surface area contributed by atoms with Gasteiger partial charge in [0.1, 0.15) is 0 Å². The van der Waals surface area contributed by atoms with Crippen LogP contribution in [0.2, 0.25) is 5.02 Å². The van der Waals surface area contributed by atoms with Crippen molar-refractivity contribution < 1.29 is 21.6 Å². The Labute approximate surface area is 126 Å². The monoisotopic (exact) mass is 344 g/mol. The van der Waals surface area contributed by atoms with E-state index in [0.717, 1.165) is 12.1 Å². The molecule has 1 aromatic rings. The van der Waals surface area contributed by atoms with Crippen LogP contribution in [0.15, 0.2) is 23.1 Å². The van der Waals surface area contributed by atoms with Crippen molar-refractivity contribution in [2.24, 2.45) is 0 Å². The Bertz CT molecular complexity index is 591. The molecular formula is C12H16ClF3N2O2S. The lowest BCUT2D eigenvalue weighted by atomic mass is 10.2. The van der Waals surface area contributed by atoms with Gasteiger partial charge in [-0.25, -0.2) is 13.1 Å². The molecule has 2 N–H and O–H groups in total. The lowest BCUT2D eigenvalue weighted by molar-refractivity contribution is -0.137. The molecule has 0 aliphatic heterocycles. The molecule has 0 unspecified atom stereocenters. The van der Waals surface area contributed by atoms with Crippen LogP contribution >= 0.6 is 11.6 Å². The van der Waals surface area contributed by atoms with E-state index in [0.29, 0.717) is 12.6 Å². The minimum atomic E-state index is -4.71. The largest absolute Gasteiger partial charge is 0.417 e. The molecule has 1 aromatic carbocycles. The molecule has 0 saturated carbocycles. The Morgan fingerprint density at radius 2 is 1.95 bits per heavy atom. The third-order valence-electron chi connectivity index (χ3n) is 2.69. The van der Waals surface area contributed by atoms with Gasteiger partial charge in [0.25, 0.3) is 0 Å². The molecule has 0 spiro atoms. The van der Waals surface area contributed by atoms with Gasteiger partial charge in [-0.15, -0.1) is 0 Å². The maximum absolute atomic E-state index is 12.7. The highest BCUT2D eigenvalue weighted by Crippen LogP contribution is 2.35. The number of benzene rings is 1. The minimum absolute atomic E-state index is 0.0696. The summed E-state index contributed by atoms with van der Waals surface area (Å²) in [5.74, 6) is 0. The van der Waals surface area contributed by atoms with Crippen LogP contribution < -0.4 is 10.0 Å². The van der Waals surface area contributed by atoms with Crippen molar-refractivity contribution >= 4 is 21.6 Å². The summed E-state index contributed by atoms with van der Waals surface area (Å²) in [6, 6.07) is 2.35. The molecule has 120 valence electrons. The van der Waals surface area contributed by atoms with Crippen molar-refractivity contribution in [3.8, 4) is 0 Å². The van der Waals surface area contributed by atoms with E-state index >= 15 is 0 Å². The predicted octanol–water partition coefficient (Wildman–Crippen LogP) is 2.64. The van der Waals surface area contributed by atoms with Crippen molar-refractivity contribution in [1.82, 2.24) is 10.0 Å². The van der Waals surface area contributed by atoms with E-state index in [1.54, 1.807) is 6.92 Å². The minimum Gasteiger partial charge on any atom is -0.313 e. The second-order valence-corrected chi connectivity index (χ2v) is 6.62. The van der Waals surface area contributed by atoms with Crippen LogP contribution in [0.5, 0.6) is 0 Å². The predicted molar refractivity (Wildman–Crippen MR) is 74.8 cm³/mol. The molecule has 1 rings (SSSR count). The van der Waals surface area contributed by atoms with Crippen molar-refractivity contribution in [1.29, 1.82) is 0 Å². The maximum atomic E-state index is 12.7. The summed E-state index contributed by atoms with van der Waals surface area (Å²) >= 11 is 5.45. The van der Waals surface area contributed by atoms with Crippen LogP contribution in [0.4, 0.5) is 13.2 Å². The summed E-state index contributed by atoms with van der Waals surface area (Å²) in [7, 11) is -4.02. The Hall–Kier alpha value is -0.830. The smallest absolute Gasteiger partial charge is 0.313 e. The Morgan fingerprint density at radius 1 is 1.33 bits per heavy atom. The number of rotatable bonds is 6. The zero-order valence-corrected chi connectivity index (χ0v) is 13.0. The van der Waals surface area contributed by atoms with E-state index in [9.17, 15) is 21.6 Å². The maximum Gasteiger partial charge on any atom is 0.417 e. The average Bonchev–Trinajstić information content (AvgIpc) is 2.36. The van der Waals surface area contributed by atoms with Gasteiger partial charge in [0, 0.05) is 12.6 Å². The number of alkyl halides is 3. The Balaban J connectivity index is 2.99. The quantitative estimate of drug-likeness (QED) is 0.834. The van der Waals surface area contributed by atoms with E-state index in [1.165, 1.54) is 0 Å². The van der Waals surface area contributed by atoms with Gasteiger partial charge in [-0.1, -0.05) is 18.5 Å².